The second-order valence-corrected chi connectivity index (χ2v) is 9.13. The lowest BCUT2D eigenvalue weighted by Crippen LogP contribution is -2.18. The van der Waals surface area contributed by atoms with Gasteiger partial charge in [0.1, 0.15) is 0 Å². The lowest BCUT2D eigenvalue weighted by Gasteiger charge is -2.25. The number of primary sulfonamides is 1. The summed E-state index contributed by atoms with van der Waals surface area (Å²) < 4.78 is 24.7. The highest BCUT2D eigenvalue weighted by molar-refractivity contribution is 7.89. The molecule has 1 aliphatic rings. The average Bonchev–Trinajstić information content (AvgIpc) is 3.29. The molecule has 10 nitrogen and oxygen atoms in total. The Bertz CT molecular complexity index is 1170. The Balaban J connectivity index is 1.99. The molecule has 146 valence electrons. The van der Waals surface area contributed by atoms with Crippen molar-refractivity contribution in [2.75, 3.05) is 0 Å². The van der Waals surface area contributed by atoms with Crippen molar-refractivity contribution < 1.29 is 18.3 Å². The number of nitrogens with one attached hydrogen (secondary N) is 1. The Morgan fingerprint density at radius 1 is 1.39 bits per heavy atom. The fourth-order valence-electron chi connectivity index (χ4n) is 3.68. The van der Waals surface area contributed by atoms with E-state index in [9.17, 15) is 18.3 Å². The molecule has 0 amide bonds. The number of aromatic nitrogens is 5. The fraction of sp³-hybridized carbons (Fsp3) is 0.312. The first-order chi connectivity index (χ1) is 13.3. The average molecular weight is 420 g/mol. The van der Waals surface area contributed by atoms with Crippen LogP contribution >= 0.6 is 11.3 Å². The number of nitrogens with zero attached hydrogens (tertiary/aromatic N) is 4. The van der Waals surface area contributed by atoms with Crippen molar-refractivity contribution >= 4 is 27.3 Å². The van der Waals surface area contributed by atoms with Gasteiger partial charge in [-0.3, -0.25) is 0 Å². The summed E-state index contributed by atoms with van der Waals surface area (Å²) in [6.45, 7) is 1.65. The number of sulfonamides is 1. The van der Waals surface area contributed by atoms with Crippen molar-refractivity contribution in [1.29, 1.82) is 0 Å². The van der Waals surface area contributed by atoms with Crippen LogP contribution in [0.3, 0.4) is 0 Å². The summed E-state index contributed by atoms with van der Waals surface area (Å²) in [4.78, 5) is 16.5. The maximum Gasteiger partial charge on any atom is 0.365 e. The molecule has 28 heavy (non-hydrogen) atoms. The lowest BCUT2D eigenvalue weighted by atomic mass is 9.82. The Hall–Kier alpha value is -2.70. The van der Waals surface area contributed by atoms with E-state index in [0.29, 0.717) is 28.8 Å². The number of aromatic carboxylic acids is 1. The number of thiazole rings is 1. The Kier molecular flexibility index (Phi) is 4.48. The van der Waals surface area contributed by atoms with Crippen LogP contribution in [0, 0.1) is 6.92 Å². The largest absolute Gasteiger partial charge is 0.476 e. The molecule has 4 N–H and O–H groups in total. The van der Waals surface area contributed by atoms with Gasteiger partial charge in [0.05, 0.1) is 10.6 Å². The van der Waals surface area contributed by atoms with E-state index in [1.165, 1.54) is 0 Å². The smallest absolute Gasteiger partial charge is 0.365 e. The minimum Gasteiger partial charge on any atom is -0.476 e. The third-order valence-electron chi connectivity index (χ3n) is 4.77. The maximum absolute atomic E-state index is 12.3. The van der Waals surface area contributed by atoms with E-state index in [1.54, 1.807) is 19.1 Å². The number of H-pyrrole nitrogens is 1. The molecule has 0 saturated heterocycles. The zero-order chi connectivity index (χ0) is 20.1. The minimum atomic E-state index is -4.06. The van der Waals surface area contributed by atoms with Crippen LogP contribution in [0.5, 0.6) is 0 Å². The quantitative estimate of drug-likeness (QED) is 0.570. The molecule has 3 aromatic rings. The third-order valence-corrected chi connectivity index (χ3v) is 6.98. The molecule has 0 saturated carbocycles. The number of carbonyl (C=O) groups is 1. The Morgan fingerprint density at radius 2 is 2.18 bits per heavy atom. The highest BCUT2D eigenvalue weighted by Crippen LogP contribution is 2.43. The molecule has 0 fully saturated rings. The van der Waals surface area contributed by atoms with E-state index in [-0.39, 0.29) is 21.6 Å². The molecule has 1 unspecified atom stereocenters. The van der Waals surface area contributed by atoms with Crippen molar-refractivity contribution in [2.45, 2.75) is 37.0 Å². The van der Waals surface area contributed by atoms with Crippen LogP contribution in [0.4, 0.5) is 0 Å². The van der Waals surface area contributed by atoms with Gasteiger partial charge in [-0.05, 0) is 47.7 Å². The van der Waals surface area contributed by atoms with Crippen molar-refractivity contribution in [2.24, 2.45) is 5.14 Å². The molecule has 0 radical (unpaired) electrons. The van der Waals surface area contributed by atoms with E-state index in [1.807, 2.05) is 0 Å². The number of nitrogens with two attached hydrogens (primary N) is 1. The first-order valence-corrected chi connectivity index (χ1v) is 10.8. The molecular formula is C16H16N6O4S2. The zero-order valence-electron chi connectivity index (χ0n) is 14.7. The van der Waals surface area contributed by atoms with Gasteiger partial charge < -0.3 is 5.11 Å². The van der Waals surface area contributed by atoms with Gasteiger partial charge in [0.25, 0.3) is 0 Å². The summed E-state index contributed by atoms with van der Waals surface area (Å²) >= 11 is 1.16. The Labute approximate surface area is 163 Å². The van der Waals surface area contributed by atoms with E-state index in [4.69, 9.17) is 5.14 Å². The molecule has 1 atom stereocenters. The van der Waals surface area contributed by atoms with Gasteiger partial charge in [-0.25, -0.2) is 28.4 Å². The van der Waals surface area contributed by atoms with E-state index < -0.39 is 16.0 Å². The molecule has 1 aromatic carbocycles. The maximum atomic E-state index is 12.3. The number of tetrazole rings is 1. The number of aryl methyl sites for hydroxylation is 2. The summed E-state index contributed by atoms with van der Waals surface area (Å²) in [7, 11) is -4.06. The Morgan fingerprint density at radius 3 is 2.82 bits per heavy atom. The van der Waals surface area contributed by atoms with Crippen LogP contribution in [-0.4, -0.2) is 45.1 Å². The van der Waals surface area contributed by atoms with Gasteiger partial charge >= 0.3 is 5.97 Å². The molecule has 2 aromatic heterocycles. The molecule has 1 aliphatic carbocycles. The standard InChI is InChI=1S/C16H16N6O4S2/c1-7-5-6-8(11(13(7)28(17,25)26)14-19-21-22-20-14)9-3-2-4-10-12(9)18-15(27-10)16(23)24/h5-6,9H,2-4H2,1H3,(H,23,24)(H2,17,25,26)(H,19,20,21,22). The predicted molar refractivity (Wildman–Crippen MR) is 99.6 cm³/mol. The van der Waals surface area contributed by atoms with Crippen molar-refractivity contribution in [3.8, 4) is 11.4 Å². The topological polar surface area (TPSA) is 165 Å². The van der Waals surface area contributed by atoms with E-state index in [2.05, 4.69) is 25.6 Å². The summed E-state index contributed by atoms with van der Waals surface area (Å²) in [5, 5.41) is 28.5. The van der Waals surface area contributed by atoms with Gasteiger partial charge in [0, 0.05) is 16.4 Å². The molecule has 0 bridgehead atoms. The highest BCUT2D eigenvalue weighted by atomic mass is 32.2. The highest BCUT2D eigenvalue weighted by Gasteiger charge is 2.33. The first kappa shape index (κ1) is 18.7. The van der Waals surface area contributed by atoms with E-state index >= 15 is 0 Å². The van der Waals surface area contributed by atoms with Gasteiger partial charge in [0.2, 0.25) is 15.0 Å². The van der Waals surface area contributed by atoms with Crippen LogP contribution in [0.25, 0.3) is 11.4 Å². The van der Waals surface area contributed by atoms with Gasteiger partial charge in [-0.2, -0.15) is 0 Å². The monoisotopic (exact) mass is 420 g/mol. The number of carboxylic acid groups (broad SMARTS) is 1. The first-order valence-electron chi connectivity index (χ1n) is 8.40. The normalized spacial score (nSPS) is 16.7. The van der Waals surface area contributed by atoms with Crippen molar-refractivity contribution in [1.82, 2.24) is 25.6 Å². The summed E-state index contributed by atoms with van der Waals surface area (Å²) in [5.41, 5.74) is 2.08. The molecule has 0 aliphatic heterocycles. The van der Waals surface area contributed by atoms with Gasteiger partial charge in [-0.1, -0.05) is 12.1 Å². The van der Waals surface area contributed by atoms with Gasteiger partial charge in [-0.15, -0.1) is 16.4 Å². The van der Waals surface area contributed by atoms with Crippen molar-refractivity contribution in [3.63, 3.8) is 0 Å². The molecular weight excluding hydrogens is 404 g/mol. The van der Waals surface area contributed by atoms with Crippen LogP contribution in [0.1, 0.15) is 50.3 Å². The summed E-state index contributed by atoms with van der Waals surface area (Å²) in [6, 6.07) is 3.49. The fourth-order valence-corrected chi connectivity index (χ4v) is 5.70. The zero-order valence-corrected chi connectivity index (χ0v) is 16.3. The van der Waals surface area contributed by atoms with Gasteiger partial charge in [0.15, 0.2) is 5.82 Å². The number of rotatable bonds is 4. The SMILES string of the molecule is Cc1ccc(C2CCCc3sc(C(=O)O)nc32)c(-c2nnn[nH]2)c1S(N)(=O)=O. The van der Waals surface area contributed by atoms with Crippen LogP contribution in [0.15, 0.2) is 17.0 Å². The molecule has 2 heterocycles. The molecule has 0 spiro atoms. The third kappa shape index (κ3) is 3.08. The van der Waals surface area contributed by atoms with Crippen LogP contribution < -0.4 is 5.14 Å². The second-order valence-electron chi connectivity index (χ2n) is 6.55. The molecule has 12 heteroatoms. The number of hydrogen-bond acceptors (Lipinski definition) is 8. The second kappa shape index (κ2) is 6.72. The van der Waals surface area contributed by atoms with E-state index in [0.717, 1.165) is 29.1 Å². The number of aromatic amines is 1. The van der Waals surface area contributed by atoms with Crippen LogP contribution in [-0.2, 0) is 16.4 Å². The summed E-state index contributed by atoms with van der Waals surface area (Å²) in [6.07, 6.45) is 2.26. The van der Waals surface area contributed by atoms with Crippen LogP contribution in [0.2, 0.25) is 0 Å². The minimum absolute atomic E-state index is 0.0264. The lowest BCUT2D eigenvalue weighted by molar-refractivity contribution is 0.0696. The van der Waals surface area contributed by atoms with Crippen molar-refractivity contribution in [3.05, 3.63) is 38.8 Å². The predicted octanol–water partition coefficient (Wildman–Crippen LogP) is 1.45. The number of hydrogen-bond donors (Lipinski definition) is 3. The summed E-state index contributed by atoms with van der Waals surface area (Å²) in [5.74, 6) is -1.18. The number of fused-ring (bicyclic) bond motifs is 1. The molecule has 4 rings (SSSR count). The number of benzene rings is 1. The number of carboxylic acids is 1.